The van der Waals surface area contributed by atoms with Crippen LogP contribution in [0.25, 0.3) is 37.6 Å². The summed E-state index contributed by atoms with van der Waals surface area (Å²) >= 11 is 2.00. The van der Waals surface area contributed by atoms with Gasteiger partial charge in [-0.15, -0.1) is 11.3 Å². The first-order chi connectivity index (χ1) is 29.8. The number of aromatic nitrogens is 1. The van der Waals surface area contributed by atoms with Crippen LogP contribution in [0.5, 0.6) is 0 Å². The summed E-state index contributed by atoms with van der Waals surface area (Å²) in [7, 11) is 0. The van der Waals surface area contributed by atoms with Crippen LogP contribution in [0.1, 0.15) is 137 Å². The largest absolute Gasteiger partial charge is 0.310 e. The van der Waals surface area contributed by atoms with Crippen molar-refractivity contribution in [3.8, 4) is 5.69 Å². The first-order valence-corrected chi connectivity index (χ1v) is 24.4. The van der Waals surface area contributed by atoms with E-state index in [9.17, 15) is 0 Å². The lowest BCUT2D eigenvalue weighted by molar-refractivity contribution is 0.590. The SMILES string of the molecule is Cc1cc2c3c(c1)N1c4c(cc(C(C)(C)C)cc4-n4c5ccc(C(C)(C)C)cc5c5cc(C(C)(C)C)cc1c54)B3c1sc3ccc(C(C)(C)C)cc3c1N2c1ccc(C(C)(C)C)cc1. The quantitative estimate of drug-likeness (QED) is 0.152. The molecule has 3 aliphatic rings. The molecule has 5 heteroatoms. The van der Waals surface area contributed by atoms with E-state index in [1.165, 1.54) is 121 Å². The van der Waals surface area contributed by atoms with Gasteiger partial charge in [0.15, 0.2) is 0 Å². The van der Waals surface area contributed by atoms with Crippen molar-refractivity contribution in [2.45, 2.75) is 138 Å². The Balaban J connectivity index is 1.32. The third kappa shape index (κ3) is 5.91. The molecule has 64 heavy (non-hydrogen) atoms. The van der Waals surface area contributed by atoms with Crippen LogP contribution in [-0.2, 0) is 27.1 Å². The number of fused-ring (bicyclic) bond motifs is 11. The number of thiophene rings is 1. The van der Waals surface area contributed by atoms with Gasteiger partial charge < -0.3 is 14.4 Å². The molecule has 0 saturated heterocycles. The summed E-state index contributed by atoms with van der Waals surface area (Å²) in [4.78, 5) is 5.35. The molecule has 6 aromatic carbocycles. The van der Waals surface area contributed by atoms with Gasteiger partial charge in [0.2, 0.25) is 0 Å². The van der Waals surface area contributed by atoms with E-state index in [0.717, 1.165) is 0 Å². The van der Waals surface area contributed by atoms with E-state index >= 15 is 0 Å². The predicted octanol–water partition coefficient (Wildman–Crippen LogP) is 15.2. The Kier molecular flexibility index (Phi) is 8.40. The molecule has 0 unspecified atom stereocenters. The molecular weight excluding hydrogens is 794 g/mol. The van der Waals surface area contributed by atoms with Crippen LogP contribution >= 0.6 is 11.3 Å². The van der Waals surface area contributed by atoms with Crippen molar-refractivity contribution in [2.24, 2.45) is 0 Å². The Morgan fingerprint density at radius 1 is 0.438 bits per heavy atom. The Labute approximate surface area is 386 Å². The van der Waals surface area contributed by atoms with E-state index in [0.29, 0.717) is 0 Å². The number of hydrogen-bond acceptors (Lipinski definition) is 3. The third-order valence-electron chi connectivity index (χ3n) is 14.7. The van der Waals surface area contributed by atoms with Crippen LogP contribution in [0, 0.1) is 6.92 Å². The predicted molar refractivity (Wildman–Crippen MR) is 282 cm³/mol. The van der Waals surface area contributed by atoms with Gasteiger partial charge in [-0.05, 0) is 145 Å². The Hall–Kier alpha value is -5.26. The second kappa shape index (κ2) is 13.0. The first-order valence-electron chi connectivity index (χ1n) is 23.5. The lowest BCUT2D eigenvalue weighted by Crippen LogP contribution is -2.61. The Morgan fingerprint density at radius 2 is 0.953 bits per heavy atom. The summed E-state index contributed by atoms with van der Waals surface area (Å²) in [5.41, 5.74) is 22.4. The number of anilines is 6. The lowest BCUT2D eigenvalue weighted by atomic mass is 9.35. The van der Waals surface area contributed by atoms with Crippen molar-refractivity contribution in [3.05, 3.63) is 130 Å². The zero-order valence-electron chi connectivity index (χ0n) is 41.1. The van der Waals surface area contributed by atoms with Crippen LogP contribution < -0.4 is 25.5 Å². The first kappa shape index (κ1) is 41.4. The van der Waals surface area contributed by atoms with Crippen molar-refractivity contribution < 1.29 is 0 Å². The summed E-state index contributed by atoms with van der Waals surface area (Å²) < 4.78 is 5.42. The van der Waals surface area contributed by atoms with Crippen LogP contribution in [0.15, 0.2) is 97.1 Å². The molecule has 0 fully saturated rings. The zero-order valence-corrected chi connectivity index (χ0v) is 41.9. The lowest BCUT2D eigenvalue weighted by Gasteiger charge is -2.46. The van der Waals surface area contributed by atoms with Crippen LogP contribution in [0.4, 0.5) is 34.1 Å². The molecule has 324 valence electrons. The topological polar surface area (TPSA) is 11.4 Å². The molecule has 2 aromatic heterocycles. The minimum absolute atomic E-state index is 0.0157. The number of rotatable bonds is 1. The summed E-state index contributed by atoms with van der Waals surface area (Å²) in [5, 5.41) is 4.02. The summed E-state index contributed by atoms with van der Waals surface area (Å²) in [6.45, 7) is 37.6. The number of nitrogens with zero attached hydrogens (tertiary/aromatic N) is 3. The fourth-order valence-corrected chi connectivity index (χ4v) is 12.2. The Bertz CT molecular complexity index is 3300. The number of benzene rings is 6. The highest BCUT2D eigenvalue weighted by Gasteiger charge is 2.48. The van der Waals surface area contributed by atoms with Gasteiger partial charge in [0.05, 0.1) is 33.8 Å². The highest BCUT2D eigenvalue weighted by Crippen LogP contribution is 2.55. The van der Waals surface area contributed by atoms with Crippen LogP contribution in [0.3, 0.4) is 0 Å². The molecule has 0 bridgehead atoms. The zero-order chi connectivity index (χ0) is 45.5. The van der Waals surface area contributed by atoms with Gasteiger partial charge in [0.1, 0.15) is 0 Å². The molecule has 0 saturated carbocycles. The molecule has 3 aliphatic heterocycles. The number of aryl methyl sites for hydroxylation is 1. The molecule has 0 radical (unpaired) electrons. The van der Waals surface area contributed by atoms with Crippen molar-refractivity contribution >= 4 is 99.8 Å². The van der Waals surface area contributed by atoms with Crippen molar-refractivity contribution in [3.63, 3.8) is 0 Å². The fraction of sp³-hybridized carbons (Fsp3) is 0.356. The van der Waals surface area contributed by atoms with Gasteiger partial charge in [-0.1, -0.05) is 134 Å². The highest BCUT2D eigenvalue weighted by atomic mass is 32.1. The Morgan fingerprint density at radius 3 is 1.56 bits per heavy atom. The molecule has 0 amide bonds. The average molecular weight is 858 g/mol. The molecule has 0 N–H and O–H groups in total. The summed E-state index contributed by atoms with van der Waals surface area (Å²) in [5.74, 6) is 0. The normalized spacial score (nSPS) is 14.8. The van der Waals surface area contributed by atoms with Gasteiger partial charge in [0, 0.05) is 42.7 Å². The maximum atomic E-state index is 2.71. The molecule has 5 heterocycles. The van der Waals surface area contributed by atoms with Gasteiger partial charge >= 0.3 is 0 Å². The molecule has 0 spiro atoms. The maximum absolute atomic E-state index is 2.71. The van der Waals surface area contributed by atoms with Crippen molar-refractivity contribution in [2.75, 3.05) is 9.80 Å². The van der Waals surface area contributed by atoms with Gasteiger partial charge in [-0.3, -0.25) is 0 Å². The number of hydrogen-bond donors (Lipinski definition) is 0. The van der Waals surface area contributed by atoms with E-state index in [-0.39, 0.29) is 33.8 Å². The van der Waals surface area contributed by atoms with E-state index in [1.54, 1.807) is 0 Å². The van der Waals surface area contributed by atoms with E-state index < -0.39 is 0 Å². The van der Waals surface area contributed by atoms with E-state index in [1.807, 2.05) is 11.3 Å². The van der Waals surface area contributed by atoms with Crippen molar-refractivity contribution in [1.29, 1.82) is 0 Å². The minimum Gasteiger partial charge on any atom is -0.310 e. The monoisotopic (exact) mass is 857 g/mol. The minimum atomic E-state index is -0.0787. The summed E-state index contributed by atoms with van der Waals surface area (Å²) in [6, 6.07) is 39.2. The summed E-state index contributed by atoms with van der Waals surface area (Å²) in [6.07, 6.45) is 0. The van der Waals surface area contributed by atoms with Crippen molar-refractivity contribution in [1.82, 2.24) is 4.57 Å². The molecule has 0 aliphatic carbocycles. The van der Waals surface area contributed by atoms with Crippen LogP contribution in [-0.4, -0.2) is 11.3 Å². The standard InChI is InChI=1S/C59H64BN3S/c1-33-25-45-50-46(26-33)63-47-31-37(58(11,12)13)29-41-40-27-35(56(5,6)7)19-23-44(40)62(51(41)47)48-32-38(59(14,15)16)30-43(53(48)63)60(50)54-52(42-28-36(57(8,9)10)20-24-49(42)64-54)61(45)39-21-17-34(18-22-39)55(2,3)4/h17-32H,1-16H3. The van der Waals surface area contributed by atoms with Crippen LogP contribution in [0.2, 0.25) is 0 Å². The molecule has 3 nitrogen and oxygen atoms in total. The second-order valence-corrected chi connectivity index (χ2v) is 25.6. The van der Waals surface area contributed by atoms with E-state index in [4.69, 9.17) is 0 Å². The molecular formula is C59H64BN3S. The van der Waals surface area contributed by atoms with E-state index in [2.05, 4.69) is 222 Å². The average Bonchev–Trinajstić information content (AvgIpc) is 3.74. The smallest absolute Gasteiger partial charge is 0.264 e. The van der Waals surface area contributed by atoms with Gasteiger partial charge in [-0.25, -0.2) is 0 Å². The molecule has 11 rings (SSSR count). The fourth-order valence-electron chi connectivity index (χ4n) is 10.9. The van der Waals surface area contributed by atoms with Gasteiger partial charge in [0.25, 0.3) is 6.71 Å². The molecule has 8 aromatic rings. The second-order valence-electron chi connectivity index (χ2n) is 24.5. The van der Waals surface area contributed by atoms with Gasteiger partial charge in [-0.2, -0.15) is 0 Å². The third-order valence-corrected chi connectivity index (χ3v) is 15.9. The maximum Gasteiger partial charge on any atom is 0.264 e. The molecule has 0 atom stereocenters. The highest BCUT2D eigenvalue weighted by molar-refractivity contribution is 7.33.